The smallest absolute Gasteiger partial charge is 0.356 e. The van der Waals surface area contributed by atoms with Crippen molar-refractivity contribution >= 4 is 114 Å². The highest BCUT2D eigenvalue weighted by molar-refractivity contribution is 7.97. The van der Waals surface area contributed by atoms with Crippen molar-refractivity contribution < 1.29 is 47.1 Å². The molecule has 0 spiro atoms. The Labute approximate surface area is 568 Å². The van der Waals surface area contributed by atoms with Crippen molar-refractivity contribution in [3.63, 3.8) is 0 Å². The monoisotopic (exact) mass is 1360 g/mol. The van der Waals surface area contributed by atoms with E-state index in [-0.39, 0.29) is 60.3 Å². The molecule has 2 N–H and O–H groups in total. The summed E-state index contributed by atoms with van der Waals surface area (Å²) in [5.41, 5.74) is 8.97. The molecule has 2 fully saturated rings. The second kappa shape index (κ2) is 31.4. The third-order valence-corrected chi connectivity index (χ3v) is 27.6. The number of benzene rings is 8. The maximum atomic E-state index is 14.8. The van der Waals surface area contributed by atoms with E-state index in [1.165, 1.54) is 12.2 Å². The third-order valence-electron chi connectivity index (χ3n) is 16.9. The van der Waals surface area contributed by atoms with Crippen molar-refractivity contribution in [2.45, 2.75) is 97.2 Å². The highest BCUT2D eigenvalue weighted by atomic mass is 31.2. The molecule has 13 nitrogen and oxygen atoms in total. The van der Waals surface area contributed by atoms with Gasteiger partial charge in [0.1, 0.15) is 24.0 Å². The van der Waals surface area contributed by atoms with Gasteiger partial charge in [0.15, 0.2) is 28.2 Å². The van der Waals surface area contributed by atoms with Gasteiger partial charge in [-0.15, -0.1) is 0 Å². The molecule has 6 atom stereocenters. The van der Waals surface area contributed by atoms with E-state index in [4.69, 9.17) is 24.1 Å². The number of nitrogen functional groups attached to an aromatic ring is 1. The Bertz CT molecular complexity index is 3740. The Balaban J connectivity index is 0.000000225. The van der Waals surface area contributed by atoms with Crippen LogP contribution >= 0.6 is 13.8 Å². The van der Waals surface area contributed by atoms with Crippen LogP contribution in [-0.2, 0) is 37.5 Å². The second-order valence-corrected chi connectivity index (χ2v) is 41.5. The third kappa shape index (κ3) is 15.5. The molecule has 17 heteroatoms. The van der Waals surface area contributed by atoms with Gasteiger partial charge in [0.2, 0.25) is 11.8 Å². The number of carbonyl (C=O) groups is 6. The Morgan fingerprint density at radius 2 is 0.750 bits per heavy atom. The molecule has 2 aliphatic heterocycles. The van der Waals surface area contributed by atoms with Crippen LogP contribution in [0.3, 0.4) is 0 Å². The Morgan fingerprint density at radius 1 is 0.458 bits per heavy atom. The van der Waals surface area contributed by atoms with Crippen LogP contribution in [0, 0.1) is 18.8 Å². The summed E-state index contributed by atoms with van der Waals surface area (Å²) in [6.45, 7) is 19.4. The minimum atomic E-state index is -3.13. The van der Waals surface area contributed by atoms with Gasteiger partial charge in [0.25, 0.3) is 0 Å². The van der Waals surface area contributed by atoms with E-state index in [0.717, 1.165) is 37.4 Å². The molecule has 8 aromatic rings. The first-order valence-corrected chi connectivity index (χ1v) is 42.8. The number of esters is 2. The normalized spacial score (nSPS) is 16.8. The van der Waals surface area contributed by atoms with E-state index in [2.05, 4.69) is 52.4 Å². The summed E-state index contributed by atoms with van der Waals surface area (Å²) < 4.78 is 24.7. The minimum absolute atomic E-state index is 0.0237. The lowest BCUT2D eigenvalue weighted by atomic mass is 9.79. The van der Waals surface area contributed by atoms with Crippen LogP contribution < -0.4 is 37.6 Å². The molecule has 96 heavy (non-hydrogen) atoms. The molecule has 0 aliphatic carbocycles. The zero-order valence-corrected chi connectivity index (χ0v) is 60.0. The number of aryl methyl sites for hydroxylation is 1. The number of hydrogen-bond donors (Lipinski definition) is 1. The molecular formula is C79H87N3O10P2Si2. The average molecular weight is 1360 g/mol. The summed E-state index contributed by atoms with van der Waals surface area (Å²) >= 11 is 0. The van der Waals surface area contributed by atoms with Crippen LogP contribution in [0.4, 0.5) is 5.69 Å². The number of nitrogens with zero attached hydrogens (tertiary/aromatic N) is 2. The number of hydrogen-bond acceptors (Lipinski definition) is 11. The highest BCUT2D eigenvalue weighted by Crippen LogP contribution is 2.52. The average Bonchev–Trinajstić information content (AvgIpc) is 0.710. The van der Waals surface area contributed by atoms with Crippen LogP contribution in [0.15, 0.2) is 256 Å². The number of β-lactam (4-membered cyclic amide) rings is 2. The van der Waals surface area contributed by atoms with Gasteiger partial charge in [0.05, 0.1) is 36.1 Å². The molecule has 8 aromatic carbocycles. The van der Waals surface area contributed by atoms with E-state index in [9.17, 15) is 28.8 Å². The fourth-order valence-corrected chi connectivity index (χ4v) is 24.6. The number of carbonyl (C=O) groups excluding carboxylic acids is 6. The summed E-state index contributed by atoms with van der Waals surface area (Å²) in [6, 6.07) is 72.0. The molecule has 2 amide bonds. The first-order chi connectivity index (χ1) is 46.0. The zero-order valence-electron chi connectivity index (χ0n) is 56.2. The van der Waals surface area contributed by atoms with Crippen LogP contribution in [0.1, 0.15) is 53.0 Å². The predicted molar refractivity (Wildman–Crippen MR) is 399 cm³/mol. The van der Waals surface area contributed by atoms with Gasteiger partial charge in [-0.25, -0.2) is 9.59 Å². The van der Waals surface area contributed by atoms with E-state index >= 15 is 0 Å². The van der Waals surface area contributed by atoms with Gasteiger partial charge < -0.3 is 33.9 Å². The Kier molecular flexibility index (Phi) is 23.4. The molecule has 10 rings (SSSR count). The molecule has 496 valence electrons. The van der Waals surface area contributed by atoms with E-state index in [1.54, 1.807) is 40.1 Å². The maximum absolute atomic E-state index is 14.8. The van der Waals surface area contributed by atoms with Gasteiger partial charge in [-0.2, -0.15) is 0 Å². The van der Waals surface area contributed by atoms with Gasteiger partial charge in [-0.1, -0.05) is 243 Å². The summed E-state index contributed by atoms with van der Waals surface area (Å²) in [5, 5.41) is 5.28. The van der Waals surface area contributed by atoms with Crippen LogP contribution in [0.5, 0.6) is 0 Å². The lowest BCUT2D eigenvalue weighted by Gasteiger charge is -2.52. The SMILES string of the molecule is C=CCOC(=O)C(N1C(=O)[C@H]([C@@H](C)O[Si](C)(C)C)[C@H]1CC(=O)c1cccc(C)c1)=P(c1ccccc1)(c1ccccc1)c1ccccc1.C=CCOC(=O)C(N1C(=O)[C@H]([C@@H](C)O[Si](C)(C)C)[C@H]1CC(=O)c1cccc(N)c1)=P(c1ccccc1)(c1ccccc1)c1ccccc1. The predicted octanol–water partition coefficient (Wildman–Crippen LogP) is 12.2. The summed E-state index contributed by atoms with van der Waals surface area (Å²) in [6.07, 6.45) is 2.08. The van der Waals surface area contributed by atoms with Crippen molar-refractivity contribution in [3.05, 3.63) is 273 Å². The summed E-state index contributed by atoms with van der Waals surface area (Å²) in [7, 11) is -4.17. The quantitative estimate of drug-likeness (QED) is 0.0104. The molecule has 2 aliphatic rings. The number of ketones is 2. The molecule has 0 aromatic heterocycles. The van der Waals surface area contributed by atoms with Crippen molar-refractivity contribution in [1.29, 1.82) is 0 Å². The minimum Gasteiger partial charge on any atom is -0.457 e. The number of amides is 2. The van der Waals surface area contributed by atoms with Crippen molar-refractivity contribution in [2.24, 2.45) is 11.8 Å². The van der Waals surface area contributed by atoms with E-state index < -0.39 is 78.5 Å². The van der Waals surface area contributed by atoms with Crippen LogP contribution in [0.25, 0.3) is 0 Å². The molecule has 0 bridgehead atoms. The van der Waals surface area contributed by atoms with Crippen molar-refractivity contribution in [3.8, 4) is 0 Å². The number of anilines is 1. The van der Waals surface area contributed by atoms with Crippen molar-refractivity contribution in [1.82, 2.24) is 9.80 Å². The van der Waals surface area contributed by atoms with Gasteiger partial charge in [0, 0.05) is 43.4 Å². The number of ether oxygens (including phenoxy) is 2. The first-order valence-electron chi connectivity index (χ1n) is 32.4. The number of rotatable bonds is 26. The lowest BCUT2D eigenvalue weighted by Crippen LogP contribution is -2.69. The molecule has 0 saturated carbocycles. The topological polar surface area (TPSA) is 172 Å². The number of likely N-dealkylation sites (tertiary alicyclic amines) is 2. The lowest BCUT2D eigenvalue weighted by molar-refractivity contribution is -0.156. The second-order valence-electron chi connectivity index (χ2n) is 26.0. The first kappa shape index (κ1) is 71.5. The largest absolute Gasteiger partial charge is 0.457 e. The molecular weight excluding hydrogens is 1270 g/mol. The van der Waals surface area contributed by atoms with E-state index in [0.29, 0.717) is 16.8 Å². The molecule has 2 heterocycles. The van der Waals surface area contributed by atoms with Gasteiger partial charge in [-0.05, 0) is 110 Å². The molecule has 0 unspecified atom stereocenters. The fourth-order valence-electron chi connectivity index (χ4n) is 13.3. The van der Waals surface area contributed by atoms with Crippen LogP contribution in [-0.4, -0.2) is 110 Å². The Hall–Kier alpha value is -8.79. The standard InChI is InChI=1S/C40H44NO5PSi.C39H43N2O5PSi/c1-7-26-45-40(44)39(47(32-20-11-8-12-21-32,33-22-13-9-14-23-33)34-24-15-10-16-25-34)41-35(28-36(42)31-19-17-18-29(2)27-31)37(38(41)43)30(3)46-48(4,5)6;1-6-25-45-39(44)38(47(31-19-10-7-11-20-31,32-21-12-8-13-22-32)33-23-14-9-15-24-33)41-34(27-35(42)29-17-16-18-30(40)26-29)36(37(41)43)28(2)46-48(3,4)5/h7-25,27,30,35,37H,1,26,28H2,2-6H3;6-24,26,28,34,36H,1,25,27,40H2,2-5H3/t30-,35-,37-;28-,34-,36-/m11/s1. The Morgan fingerprint density at radius 3 is 1.02 bits per heavy atom. The van der Waals surface area contributed by atoms with Crippen molar-refractivity contribution in [2.75, 3.05) is 18.9 Å². The fraction of sp³-hybridized carbons (Fsp3) is 0.241. The maximum Gasteiger partial charge on any atom is 0.356 e. The van der Waals surface area contributed by atoms with Crippen LogP contribution in [0.2, 0.25) is 39.3 Å². The highest BCUT2D eigenvalue weighted by Gasteiger charge is 2.58. The number of nitrogens with two attached hydrogens (primary N) is 1. The zero-order chi connectivity index (χ0) is 69.0. The van der Waals surface area contributed by atoms with Gasteiger partial charge >= 0.3 is 11.9 Å². The molecule has 2 saturated heterocycles. The van der Waals surface area contributed by atoms with Gasteiger partial charge in [-0.3, -0.25) is 19.2 Å². The summed E-state index contributed by atoms with van der Waals surface area (Å²) in [4.78, 5) is 90.1. The molecule has 0 radical (unpaired) electrons. The van der Waals surface area contributed by atoms with E-state index in [1.807, 2.05) is 221 Å². The summed E-state index contributed by atoms with van der Waals surface area (Å²) in [5.74, 6) is -3.34. The number of Topliss-reactive ketones (excluding diaryl/α,β-unsaturated/α-hetero) is 2.